The summed E-state index contributed by atoms with van der Waals surface area (Å²) in [6, 6.07) is 3.92. The number of nitrogens with zero attached hydrogens (tertiary/aromatic N) is 2. The van der Waals surface area contributed by atoms with Gasteiger partial charge in [0, 0.05) is 44.5 Å². The zero-order valence-corrected chi connectivity index (χ0v) is 15.2. The Morgan fingerprint density at radius 3 is 2.54 bits per heavy atom. The van der Waals surface area contributed by atoms with Crippen molar-refractivity contribution < 1.29 is 9.59 Å². The molecule has 1 aromatic rings. The number of carbonyl (C=O) groups excluding carboxylic acids is 2. The maximum Gasteiger partial charge on any atom is 0.245 e. The van der Waals surface area contributed by atoms with Crippen molar-refractivity contribution in [3.8, 4) is 0 Å². The van der Waals surface area contributed by atoms with Gasteiger partial charge in [0.25, 0.3) is 0 Å². The first-order valence-electron chi connectivity index (χ1n) is 8.94. The van der Waals surface area contributed by atoms with E-state index in [0.717, 1.165) is 45.6 Å². The molecule has 3 rings (SSSR count). The van der Waals surface area contributed by atoms with Crippen molar-refractivity contribution in [2.75, 3.05) is 26.2 Å². The van der Waals surface area contributed by atoms with Crippen LogP contribution in [-0.2, 0) is 16.1 Å². The van der Waals surface area contributed by atoms with Gasteiger partial charge in [0.05, 0.1) is 0 Å². The second kappa shape index (κ2) is 8.12. The number of rotatable bonds is 5. The smallest absolute Gasteiger partial charge is 0.245 e. The summed E-state index contributed by atoms with van der Waals surface area (Å²) in [4.78, 5) is 30.2. The second-order valence-electron chi connectivity index (χ2n) is 6.90. The first-order chi connectivity index (χ1) is 11.6. The molecule has 1 saturated carbocycles. The van der Waals surface area contributed by atoms with Crippen molar-refractivity contribution in [1.29, 1.82) is 0 Å². The first kappa shape index (κ1) is 17.4. The van der Waals surface area contributed by atoms with Gasteiger partial charge in [0.15, 0.2) is 0 Å². The van der Waals surface area contributed by atoms with E-state index < -0.39 is 0 Å². The van der Waals surface area contributed by atoms with Gasteiger partial charge >= 0.3 is 0 Å². The highest BCUT2D eigenvalue weighted by Crippen LogP contribution is 2.29. The number of carbonyl (C=O) groups is 2. The first-order valence-corrected chi connectivity index (χ1v) is 9.82. The average molecular weight is 350 g/mol. The van der Waals surface area contributed by atoms with Crippen LogP contribution in [0, 0.1) is 5.92 Å². The quantitative estimate of drug-likeness (QED) is 0.886. The van der Waals surface area contributed by atoms with Crippen molar-refractivity contribution in [2.45, 2.75) is 45.2 Å². The third kappa shape index (κ3) is 4.36. The SMILES string of the molecule is CC(=O)NC(C(=O)N1CCN(Cc2cccs2)CC1)C1CCCC1. The van der Waals surface area contributed by atoms with Crippen molar-refractivity contribution in [3.05, 3.63) is 22.4 Å². The molecule has 1 unspecified atom stereocenters. The Labute approximate surface area is 148 Å². The van der Waals surface area contributed by atoms with Crippen LogP contribution in [-0.4, -0.2) is 53.8 Å². The second-order valence-corrected chi connectivity index (χ2v) is 7.94. The van der Waals surface area contributed by atoms with E-state index in [0.29, 0.717) is 5.92 Å². The summed E-state index contributed by atoms with van der Waals surface area (Å²) in [5.41, 5.74) is 0. The summed E-state index contributed by atoms with van der Waals surface area (Å²) in [6.07, 6.45) is 4.44. The molecule has 5 nitrogen and oxygen atoms in total. The number of amides is 2. The molecule has 6 heteroatoms. The predicted octanol–water partition coefficient (Wildman–Crippen LogP) is 2.09. The van der Waals surface area contributed by atoms with Gasteiger partial charge in [-0.15, -0.1) is 11.3 Å². The molecule has 1 atom stereocenters. The van der Waals surface area contributed by atoms with E-state index in [4.69, 9.17) is 0 Å². The fraction of sp³-hybridized carbons (Fsp3) is 0.667. The summed E-state index contributed by atoms with van der Waals surface area (Å²) >= 11 is 1.78. The molecule has 1 N–H and O–H groups in total. The Bertz CT molecular complexity index is 547. The van der Waals surface area contributed by atoms with Crippen LogP contribution in [0.5, 0.6) is 0 Å². The number of hydrogen-bond acceptors (Lipinski definition) is 4. The number of hydrogen-bond donors (Lipinski definition) is 1. The summed E-state index contributed by atoms with van der Waals surface area (Å²) in [5, 5.41) is 5.03. The zero-order chi connectivity index (χ0) is 16.9. The minimum absolute atomic E-state index is 0.100. The van der Waals surface area contributed by atoms with Crippen LogP contribution in [0.2, 0.25) is 0 Å². The highest BCUT2D eigenvalue weighted by molar-refractivity contribution is 7.09. The molecule has 1 aromatic heterocycles. The number of thiophene rings is 1. The molecule has 1 aliphatic carbocycles. The fourth-order valence-electron chi connectivity index (χ4n) is 3.84. The zero-order valence-electron chi connectivity index (χ0n) is 14.4. The predicted molar refractivity (Wildman–Crippen MR) is 95.7 cm³/mol. The lowest BCUT2D eigenvalue weighted by Crippen LogP contribution is -2.56. The van der Waals surface area contributed by atoms with Gasteiger partial charge in [-0.1, -0.05) is 18.9 Å². The van der Waals surface area contributed by atoms with Crippen LogP contribution >= 0.6 is 11.3 Å². The van der Waals surface area contributed by atoms with Crippen molar-refractivity contribution in [2.24, 2.45) is 5.92 Å². The van der Waals surface area contributed by atoms with Crippen LogP contribution < -0.4 is 5.32 Å². The molecule has 132 valence electrons. The summed E-state index contributed by atoms with van der Waals surface area (Å²) < 4.78 is 0. The van der Waals surface area contributed by atoms with E-state index in [1.807, 2.05) is 4.90 Å². The minimum atomic E-state index is -0.325. The van der Waals surface area contributed by atoms with E-state index in [2.05, 4.69) is 27.7 Å². The van der Waals surface area contributed by atoms with E-state index in [1.165, 1.54) is 24.6 Å². The van der Waals surface area contributed by atoms with E-state index in [9.17, 15) is 9.59 Å². The molecule has 2 heterocycles. The maximum absolute atomic E-state index is 12.9. The fourth-order valence-corrected chi connectivity index (χ4v) is 4.58. The maximum atomic E-state index is 12.9. The van der Waals surface area contributed by atoms with Crippen LogP contribution in [0.3, 0.4) is 0 Å². The molecule has 1 saturated heterocycles. The number of nitrogens with one attached hydrogen (secondary N) is 1. The Kier molecular flexibility index (Phi) is 5.89. The standard InChI is InChI=1S/C18H27N3O2S/c1-14(22)19-17(15-5-2-3-6-15)18(23)21-10-8-20(9-11-21)13-16-7-4-12-24-16/h4,7,12,15,17H,2-3,5-6,8-11,13H2,1H3,(H,19,22). The molecule has 0 aromatic carbocycles. The topological polar surface area (TPSA) is 52.7 Å². The Morgan fingerprint density at radius 2 is 1.96 bits per heavy atom. The summed E-state index contributed by atoms with van der Waals surface area (Å²) in [5.74, 6) is 0.329. The number of piperazine rings is 1. The highest BCUT2D eigenvalue weighted by atomic mass is 32.1. The van der Waals surface area contributed by atoms with Gasteiger partial charge in [0.1, 0.15) is 6.04 Å². The molecule has 2 fully saturated rings. The van der Waals surface area contributed by atoms with Crippen LogP contribution in [0.15, 0.2) is 17.5 Å². The molecule has 0 radical (unpaired) electrons. The third-order valence-corrected chi connectivity index (χ3v) is 6.00. The lowest BCUT2D eigenvalue weighted by Gasteiger charge is -2.37. The monoisotopic (exact) mass is 349 g/mol. The van der Waals surface area contributed by atoms with Gasteiger partial charge in [-0.05, 0) is 30.2 Å². The summed E-state index contributed by atoms with van der Waals surface area (Å²) in [6.45, 7) is 5.80. The molecule has 0 bridgehead atoms. The Balaban J connectivity index is 1.55. The Hall–Kier alpha value is -1.40. The molecule has 0 spiro atoms. The minimum Gasteiger partial charge on any atom is -0.344 e. The lowest BCUT2D eigenvalue weighted by atomic mass is 9.96. The van der Waals surface area contributed by atoms with Crippen molar-refractivity contribution in [1.82, 2.24) is 15.1 Å². The van der Waals surface area contributed by atoms with Crippen molar-refractivity contribution >= 4 is 23.2 Å². The average Bonchev–Trinajstić information content (AvgIpc) is 3.26. The molecular weight excluding hydrogens is 322 g/mol. The molecule has 24 heavy (non-hydrogen) atoms. The van der Waals surface area contributed by atoms with Crippen LogP contribution in [0.25, 0.3) is 0 Å². The van der Waals surface area contributed by atoms with E-state index in [-0.39, 0.29) is 17.9 Å². The molecule has 1 aliphatic heterocycles. The van der Waals surface area contributed by atoms with Crippen LogP contribution in [0.4, 0.5) is 0 Å². The van der Waals surface area contributed by atoms with Gasteiger partial charge in [-0.3, -0.25) is 14.5 Å². The summed E-state index contributed by atoms with van der Waals surface area (Å²) in [7, 11) is 0. The van der Waals surface area contributed by atoms with Gasteiger partial charge in [-0.25, -0.2) is 0 Å². The molecule has 2 aliphatic rings. The Morgan fingerprint density at radius 1 is 1.25 bits per heavy atom. The van der Waals surface area contributed by atoms with Crippen molar-refractivity contribution in [3.63, 3.8) is 0 Å². The normalized spacial score (nSPS) is 21.0. The van der Waals surface area contributed by atoms with Gasteiger partial charge in [0.2, 0.25) is 11.8 Å². The van der Waals surface area contributed by atoms with Crippen LogP contribution in [0.1, 0.15) is 37.5 Å². The molecule has 2 amide bonds. The van der Waals surface area contributed by atoms with Gasteiger partial charge in [-0.2, -0.15) is 0 Å². The largest absolute Gasteiger partial charge is 0.344 e. The lowest BCUT2D eigenvalue weighted by molar-refractivity contribution is -0.139. The highest BCUT2D eigenvalue weighted by Gasteiger charge is 2.35. The third-order valence-electron chi connectivity index (χ3n) is 5.14. The molecular formula is C18H27N3O2S. The van der Waals surface area contributed by atoms with E-state index in [1.54, 1.807) is 11.3 Å². The van der Waals surface area contributed by atoms with E-state index >= 15 is 0 Å². The van der Waals surface area contributed by atoms with Gasteiger partial charge < -0.3 is 10.2 Å².